The van der Waals surface area contributed by atoms with E-state index in [-0.39, 0.29) is 26.2 Å². The van der Waals surface area contributed by atoms with Gasteiger partial charge in [0.25, 0.3) is 20.2 Å². The Morgan fingerprint density at radius 2 is 1.59 bits per heavy atom. The molecule has 0 aromatic carbocycles. The van der Waals surface area contributed by atoms with Crippen LogP contribution < -0.4 is 0 Å². The van der Waals surface area contributed by atoms with Gasteiger partial charge < -0.3 is 0 Å². The van der Waals surface area contributed by atoms with Crippen LogP contribution in [0.5, 0.6) is 0 Å². The third-order valence-corrected chi connectivity index (χ3v) is 9.10. The third kappa shape index (κ3) is 3.36. The first kappa shape index (κ1) is 17.8. The van der Waals surface area contributed by atoms with Crippen LogP contribution in [0.25, 0.3) is 0 Å². The lowest BCUT2D eigenvalue weighted by Gasteiger charge is -2.35. The molecule has 1 fully saturated rings. The summed E-state index contributed by atoms with van der Waals surface area (Å²) in [6, 6.07) is 3.26. The van der Waals surface area contributed by atoms with Crippen molar-refractivity contribution < 1.29 is 16.8 Å². The quantitative estimate of drug-likeness (QED) is 0.739. The molecule has 0 N–H and O–H groups in total. The summed E-state index contributed by atoms with van der Waals surface area (Å²) in [6.07, 6.45) is 0. The lowest BCUT2D eigenvalue weighted by Crippen LogP contribution is -2.54. The Labute approximate surface area is 136 Å². The average Bonchev–Trinajstić information content (AvgIpc) is 3.03. The summed E-state index contributed by atoms with van der Waals surface area (Å²) in [5.74, 6) is 0. The molecule has 0 bridgehead atoms. The summed E-state index contributed by atoms with van der Waals surface area (Å²) < 4.78 is 54.1. The molecule has 0 aliphatic carbocycles. The second-order valence-electron chi connectivity index (χ2n) is 4.83. The third-order valence-electron chi connectivity index (χ3n) is 3.64. The van der Waals surface area contributed by atoms with Gasteiger partial charge in [-0.25, -0.2) is 8.42 Å². The van der Waals surface area contributed by atoms with Gasteiger partial charge in [0.15, 0.2) is 0 Å². The molecule has 0 saturated carbocycles. The zero-order chi connectivity index (χ0) is 16.4. The minimum Gasteiger partial charge on any atom is -0.206 e. The van der Waals surface area contributed by atoms with Gasteiger partial charge in [0.1, 0.15) is 4.21 Å². The number of thiophene rings is 1. The lowest BCUT2D eigenvalue weighted by molar-refractivity contribution is 0.256. The first-order valence-corrected chi connectivity index (χ1v) is 10.8. The number of hydrogen-bond acceptors (Lipinski definition) is 5. The Morgan fingerprint density at radius 1 is 1.05 bits per heavy atom. The molecule has 1 aromatic rings. The van der Waals surface area contributed by atoms with Gasteiger partial charge in [-0.2, -0.15) is 21.3 Å². The molecule has 0 radical (unpaired) electrons. The first-order valence-electron chi connectivity index (χ1n) is 7.13. The Kier molecular flexibility index (Phi) is 5.62. The maximum Gasteiger partial charge on any atom is 0.282 e. The van der Waals surface area contributed by atoms with Crippen molar-refractivity contribution >= 4 is 31.6 Å². The topological polar surface area (TPSA) is 78.0 Å². The number of hydrogen-bond donors (Lipinski definition) is 0. The molecule has 0 atom stereocenters. The highest BCUT2D eigenvalue weighted by molar-refractivity contribution is 7.91. The van der Waals surface area contributed by atoms with Crippen LogP contribution in [-0.2, 0) is 20.2 Å². The van der Waals surface area contributed by atoms with Crippen LogP contribution in [0.15, 0.2) is 21.7 Å². The number of nitrogens with zero attached hydrogens (tertiary/aromatic N) is 3. The van der Waals surface area contributed by atoms with Crippen molar-refractivity contribution in [2.75, 3.05) is 39.3 Å². The highest BCUT2D eigenvalue weighted by atomic mass is 32.2. The molecule has 1 aromatic heterocycles. The average molecular weight is 368 g/mol. The van der Waals surface area contributed by atoms with Gasteiger partial charge in [0.05, 0.1) is 0 Å². The Bertz CT molecular complexity index is 673. The van der Waals surface area contributed by atoms with Crippen LogP contribution in [0.4, 0.5) is 0 Å². The number of sulfonamides is 1. The van der Waals surface area contributed by atoms with Crippen LogP contribution >= 0.6 is 11.3 Å². The number of piperazine rings is 1. The molecule has 22 heavy (non-hydrogen) atoms. The smallest absolute Gasteiger partial charge is 0.206 e. The highest BCUT2D eigenvalue weighted by Crippen LogP contribution is 2.23. The molecule has 2 rings (SSSR count). The second kappa shape index (κ2) is 6.93. The minimum absolute atomic E-state index is 0.181. The number of rotatable bonds is 6. The van der Waals surface area contributed by atoms with Gasteiger partial charge in [-0.3, -0.25) is 0 Å². The standard InChI is InChI=1S/C12H21N3O4S3/c1-3-13(4-2)22(18,19)15-9-7-14(8-10-15)21(16,17)12-6-5-11-20-12/h5-6,11H,3-4,7-10H2,1-2H3. The molecule has 1 saturated heterocycles. The molecule has 2 heterocycles. The monoisotopic (exact) mass is 367 g/mol. The predicted octanol–water partition coefficient (Wildman–Crippen LogP) is 0.641. The summed E-state index contributed by atoms with van der Waals surface area (Å²) in [6.45, 7) is 5.13. The van der Waals surface area contributed by atoms with Crippen molar-refractivity contribution in [3.8, 4) is 0 Å². The second-order valence-corrected chi connectivity index (χ2v) is 9.87. The SMILES string of the molecule is CCN(CC)S(=O)(=O)N1CCN(S(=O)(=O)c2cccs2)CC1. The molecule has 1 aliphatic rings. The van der Waals surface area contributed by atoms with E-state index in [0.29, 0.717) is 17.3 Å². The molecule has 7 nitrogen and oxygen atoms in total. The van der Waals surface area contributed by atoms with E-state index >= 15 is 0 Å². The summed E-state index contributed by atoms with van der Waals surface area (Å²) >= 11 is 1.17. The summed E-state index contributed by atoms with van der Waals surface area (Å²) in [4.78, 5) is 0. The Balaban J connectivity index is 2.08. The summed E-state index contributed by atoms with van der Waals surface area (Å²) in [5.41, 5.74) is 0. The van der Waals surface area contributed by atoms with Crippen LogP contribution in [0.2, 0.25) is 0 Å². The maximum absolute atomic E-state index is 12.4. The highest BCUT2D eigenvalue weighted by Gasteiger charge is 2.35. The van der Waals surface area contributed by atoms with E-state index in [0.717, 1.165) is 0 Å². The van der Waals surface area contributed by atoms with E-state index in [1.165, 1.54) is 24.3 Å². The van der Waals surface area contributed by atoms with E-state index in [2.05, 4.69) is 0 Å². The summed E-state index contributed by atoms with van der Waals surface area (Å²) in [5, 5.41) is 1.72. The fourth-order valence-corrected chi connectivity index (χ4v) is 6.56. The first-order chi connectivity index (χ1) is 10.3. The van der Waals surface area contributed by atoms with Crippen LogP contribution in [0.1, 0.15) is 13.8 Å². The zero-order valence-electron chi connectivity index (χ0n) is 12.7. The predicted molar refractivity (Wildman–Crippen MR) is 86.5 cm³/mol. The fourth-order valence-electron chi connectivity index (χ4n) is 2.39. The molecule has 10 heteroatoms. The van der Waals surface area contributed by atoms with E-state index in [1.807, 2.05) is 0 Å². The maximum atomic E-state index is 12.4. The van der Waals surface area contributed by atoms with E-state index < -0.39 is 20.2 Å². The molecule has 126 valence electrons. The largest absolute Gasteiger partial charge is 0.282 e. The van der Waals surface area contributed by atoms with Crippen LogP contribution in [0, 0.1) is 0 Å². The van der Waals surface area contributed by atoms with Crippen molar-refractivity contribution in [3.63, 3.8) is 0 Å². The van der Waals surface area contributed by atoms with Gasteiger partial charge in [0.2, 0.25) is 0 Å². The molecular weight excluding hydrogens is 346 g/mol. The summed E-state index contributed by atoms with van der Waals surface area (Å²) in [7, 11) is -7.00. The molecule has 0 amide bonds. The van der Waals surface area contributed by atoms with E-state index in [1.54, 1.807) is 31.4 Å². The van der Waals surface area contributed by atoms with E-state index in [9.17, 15) is 16.8 Å². The lowest BCUT2D eigenvalue weighted by atomic mass is 10.4. The molecular formula is C12H21N3O4S3. The van der Waals surface area contributed by atoms with Gasteiger partial charge in [-0.15, -0.1) is 11.3 Å². The van der Waals surface area contributed by atoms with E-state index in [4.69, 9.17) is 0 Å². The van der Waals surface area contributed by atoms with Gasteiger partial charge >= 0.3 is 0 Å². The van der Waals surface area contributed by atoms with Gasteiger partial charge in [-0.1, -0.05) is 19.9 Å². The fraction of sp³-hybridized carbons (Fsp3) is 0.667. The van der Waals surface area contributed by atoms with Crippen LogP contribution in [0.3, 0.4) is 0 Å². The van der Waals surface area contributed by atoms with Crippen molar-refractivity contribution in [1.29, 1.82) is 0 Å². The molecule has 0 unspecified atom stereocenters. The van der Waals surface area contributed by atoms with Crippen molar-refractivity contribution in [3.05, 3.63) is 17.5 Å². The normalized spacial score (nSPS) is 18.9. The Hall–Kier alpha value is -0.520. The Morgan fingerprint density at radius 3 is 2.05 bits per heavy atom. The van der Waals surface area contributed by atoms with Gasteiger partial charge in [-0.05, 0) is 11.4 Å². The molecule has 0 spiro atoms. The minimum atomic E-state index is -3.50. The van der Waals surface area contributed by atoms with Crippen molar-refractivity contribution in [2.45, 2.75) is 18.1 Å². The van der Waals surface area contributed by atoms with Crippen LogP contribution in [-0.4, -0.2) is 69.0 Å². The van der Waals surface area contributed by atoms with Gasteiger partial charge in [0, 0.05) is 39.3 Å². The zero-order valence-corrected chi connectivity index (χ0v) is 15.1. The molecule has 1 aliphatic heterocycles. The van der Waals surface area contributed by atoms with Crippen molar-refractivity contribution in [1.82, 2.24) is 12.9 Å². The van der Waals surface area contributed by atoms with Crippen molar-refractivity contribution in [2.24, 2.45) is 0 Å².